The van der Waals surface area contributed by atoms with Crippen LogP contribution < -0.4 is 9.64 Å². The van der Waals surface area contributed by atoms with Gasteiger partial charge in [0.25, 0.3) is 5.91 Å². The van der Waals surface area contributed by atoms with E-state index in [1.165, 1.54) is 0 Å². The Labute approximate surface area is 216 Å². The van der Waals surface area contributed by atoms with Gasteiger partial charge in [0.05, 0.1) is 23.3 Å². The summed E-state index contributed by atoms with van der Waals surface area (Å²) in [4.78, 5) is 39.3. The minimum atomic E-state index is -0.951. The van der Waals surface area contributed by atoms with Crippen LogP contribution in [0, 0.1) is 0 Å². The molecule has 0 spiro atoms. The molecule has 37 heavy (non-hydrogen) atoms. The lowest BCUT2D eigenvalue weighted by Gasteiger charge is -2.41. The Bertz CT molecular complexity index is 1250. The standard InChI is InChI=1S/C28H33N5O4/c1-31(27(35)21-6-8-22(9-7-21)37-19-18-33-15-3-5-25(33)34)20-28(36)11-16-32(17-12-28)24-10-14-29-23-4-2-13-30-26(23)24/h2,4,6-10,13-14,36H,3,5,11-12,15-20H2,1H3. The van der Waals surface area contributed by atoms with Gasteiger partial charge in [-0.25, -0.2) is 0 Å². The lowest BCUT2D eigenvalue weighted by Crippen LogP contribution is -2.51. The van der Waals surface area contributed by atoms with Crippen molar-refractivity contribution in [2.75, 3.05) is 51.3 Å². The Balaban J connectivity index is 1.13. The quantitative estimate of drug-likeness (QED) is 0.505. The monoisotopic (exact) mass is 503 g/mol. The second kappa shape index (κ2) is 10.7. The molecule has 0 radical (unpaired) electrons. The second-order valence-electron chi connectivity index (χ2n) is 9.93. The Morgan fingerprint density at radius 2 is 1.86 bits per heavy atom. The number of carbonyl (C=O) groups is 2. The minimum absolute atomic E-state index is 0.144. The Kier molecular flexibility index (Phi) is 7.23. The van der Waals surface area contributed by atoms with Gasteiger partial charge in [0.1, 0.15) is 17.9 Å². The summed E-state index contributed by atoms with van der Waals surface area (Å²) in [5, 5.41) is 11.3. The second-order valence-corrected chi connectivity index (χ2v) is 9.93. The third-order valence-corrected chi connectivity index (χ3v) is 7.29. The van der Waals surface area contributed by atoms with E-state index in [1.807, 2.05) is 23.1 Å². The highest BCUT2D eigenvalue weighted by atomic mass is 16.5. The van der Waals surface area contributed by atoms with E-state index < -0.39 is 5.60 Å². The van der Waals surface area contributed by atoms with E-state index in [0.717, 1.165) is 29.7 Å². The first-order chi connectivity index (χ1) is 17.9. The molecule has 1 N–H and O–H groups in total. The van der Waals surface area contributed by atoms with Crippen LogP contribution in [0.4, 0.5) is 5.69 Å². The van der Waals surface area contributed by atoms with E-state index in [0.29, 0.717) is 56.8 Å². The van der Waals surface area contributed by atoms with Gasteiger partial charge in [0.2, 0.25) is 5.91 Å². The third kappa shape index (κ3) is 5.67. The van der Waals surface area contributed by atoms with E-state index in [1.54, 1.807) is 48.6 Å². The summed E-state index contributed by atoms with van der Waals surface area (Å²) in [6.07, 6.45) is 6.19. The minimum Gasteiger partial charge on any atom is -0.492 e. The van der Waals surface area contributed by atoms with Crippen LogP contribution in [0.1, 0.15) is 36.0 Å². The van der Waals surface area contributed by atoms with Crippen LogP contribution in [0.3, 0.4) is 0 Å². The Hall–Kier alpha value is -3.72. The van der Waals surface area contributed by atoms with E-state index in [2.05, 4.69) is 14.9 Å². The zero-order chi connectivity index (χ0) is 25.8. The van der Waals surface area contributed by atoms with E-state index in [-0.39, 0.29) is 18.4 Å². The summed E-state index contributed by atoms with van der Waals surface area (Å²) in [6, 6.07) is 12.8. The first-order valence-electron chi connectivity index (χ1n) is 12.9. The smallest absolute Gasteiger partial charge is 0.253 e. The van der Waals surface area contributed by atoms with Crippen LogP contribution in [0.15, 0.2) is 54.9 Å². The SMILES string of the molecule is CN(CC1(O)CCN(c2ccnc3cccnc23)CC1)C(=O)c1ccc(OCCN2CCCC2=O)cc1. The number of ether oxygens (including phenoxy) is 1. The van der Waals surface area contributed by atoms with Gasteiger partial charge in [-0.3, -0.25) is 19.6 Å². The highest BCUT2D eigenvalue weighted by Crippen LogP contribution is 2.30. The van der Waals surface area contributed by atoms with Crippen molar-refractivity contribution in [1.82, 2.24) is 19.8 Å². The van der Waals surface area contributed by atoms with Crippen LogP contribution in [0.25, 0.3) is 11.0 Å². The summed E-state index contributed by atoms with van der Waals surface area (Å²) in [7, 11) is 1.73. The number of piperidine rings is 1. The number of aliphatic hydroxyl groups is 1. The summed E-state index contributed by atoms with van der Waals surface area (Å²) in [6.45, 7) is 3.40. The van der Waals surface area contributed by atoms with Crippen molar-refractivity contribution in [2.24, 2.45) is 0 Å². The van der Waals surface area contributed by atoms with Gasteiger partial charge in [0, 0.05) is 57.6 Å². The number of amides is 2. The summed E-state index contributed by atoms with van der Waals surface area (Å²) < 4.78 is 5.75. The van der Waals surface area contributed by atoms with Gasteiger partial charge in [-0.15, -0.1) is 0 Å². The lowest BCUT2D eigenvalue weighted by atomic mass is 9.90. The molecule has 0 saturated carbocycles. The number of benzene rings is 1. The first-order valence-corrected chi connectivity index (χ1v) is 12.9. The van der Waals surface area contributed by atoms with Crippen LogP contribution in [-0.2, 0) is 4.79 Å². The van der Waals surface area contributed by atoms with Crippen molar-refractivity contribution < 1.29 is 19.4 Å². The third-order valence-electron chi connectivity index (χ3n) is 7.29. The first kappa shape index (κ1) is 25.0. The fourth-order valence-electron chi connectivity index (χ4n) is 5.18. The Morgan fingerprint density at radius 3 is 2.59 bits per heavy atom. The van der Waals surface area contributed by atoms with Crippen LogP contribution >= 0.6 is 0 Å². The molecule has 3 aromatic rings. The summed E-state index contributed by atoms with van der Waals surface area (Å²) in [5.41, 5.74) is 2.32. The van der Waals surface area contributed by atoms with Crippen molar-refractivity contribution in [2.45, 2.75) is 31.3 Å². The number of likely N-dealkylation sites (N-methyl/N-ethyl adjacent to an activating group) is 1. The van der Waals surface area contributed by atoms with E-state index >= 15 is 0 Å². The van der Waals surface area contributed by atoms with Gasteiger partial charge in [-0.1, -0.05) is 0 Å². The number of hydrogen-bond acceptors (Lipinski definition) is 7. The number of pyridine rings is 2. The van der Waals surface area contributed by atoms with Gasteiger partial charge < -0.3 is 24.5 Å². The van der Waals surface area contributed by atoms with E-state index in [9.17, 15) is 14.7 Å². The average molecular weight is 504 g/mol. The van der Waals surface area contributed by atoms with Crippen molar-refractivity contribution in [3.8, 4) is 5.75 Å². The number of fused-ring (bicyclic) bond motifs is 1. The van der Waals surface area contributed by atoms with Crippen molar-refractivity contribution in [1.29, 1.82) is 0 Å². The van der Waals surface area contributed by atoms with Crippen LogP contribution in [0.5, 0.6) is 5.75 Å². The molecule has 9 heteroatoms. The van der Waals surface area contributed by atoms with Crippen molar-refractivity contribution >= 4 is 28.5 Å². The molecule has 2 aromatic heterocycles. The number of anilines is 1. The zero-order valence-electron chi connectivity index (χ0n) is 21.2. The number of likely N-dealkylation sites (tertiary alicyclic amines) is 1. The molecule has 5 rings (SSSR count). The van der Waals surface area contributed by atoms with Crippen molar-refractivity contribution in [3.63, 3.8) is 0 Å². The molecule has 2 aliphatic rings. The molecule has 0 bridgehead atoms. The van der Waals surface area contributed by atoms with Gasteiger partial charge in [-0.05, 0) is 61.7 Å². The molecule has 0 atom stereocenters. The maximum Gasteiger partial charge on any atom is 0.253 e. The van der Waals surface area contributed by atoms with Gasteiger partial charge in [0.15, 0.2) is 0 Å². The number of hydrogen-bond donors (Lipinski definition) is 1. The van der Waals surface area contributed by atoms with Gasteiger partial charge in [-0.2, -0.15) is 0 Å². The molecule has 194 valence electrons. The molecular weight excluding hydrogens is 470 g/mol. The largest absolute Gasteiger partial charge is 0.492 e. The predicted octanol–water partition coefficient (Wildman–Crippen LogP) is 2.73. The zero-order valence-corrected chi connectivity index (χ0v) is 21.2. The highest BCUT2D eigenvalue weighted by molar-refractivity contribution is 5.94. The predicted molar refractivity (Wildman–Crippen MR) is 141 cm³/mol. The molecule has 0 unspecified atom stereocenters. The molecule has 9 nitrogen and oxygen atoms in total. The molecule has 2 amide bonds. The van der Waals surface area contributed by atoms with E-state index in [4.69, 9.17) is 4.74 Å². The highest BCUT2D eigenvalue weighted by Gasteiger charge is 2.35. The molecular formula is C28H33N5O4. The molecule has 2 saturated heterocycles. The molecule has 2 aliphatic heterocycles. The number of carbonyl (C=O) groups excluding carboxylic acids is 2. The summed E-state index contributed by atoms with van der Waals surface area (Å²) >= 11 is 0. The topological polar surface area (TPSA) is 99.1 Å². The maximum absolute atomic E-state index is 13.0. The molecule has 2 fully saturated rings. The average Bonchev–Trinajstić information content (AvgIpc) is 3.33. The molecule has 0 aliphatic carbocycles. The van der Waals surface area contributed by atoms with Crippen LogP contribution in [-0.4, -0.2) is 88.7 Å². The fraction of sp³-hybridized carbons (Fsp3) is 0.429. The fourth-order valence-corrected chi connectivity index (χ4v) is 5.18. The number of rotatable bonds is 8. The summed E-state index contributed by atoms with van der Waals surface area (Å²) in [5.74, 6) is 0.701. The normalized spacial score (nSPS) is 17.3. The lowest BCUT2D eigenvalue weighted by molar-refractivity contribution is -0.128. The molecule has 1 aromatic carbocycles. The molecule has 4 heterocycles. The van der Waals surface area contributed by atoms with Gasteiger partial charge >= 0.3 is 0 Å². The number of aromatic nitrogens is 2. The van der Waals surface area contributed by atoms with Crippen LogP contribution in [0.2, 0.25) is 0 Å². The number of nitrogens with zero attached hydrogens (tertiary/aromatic N) is 5. The maximum atomic E-state index is 13.0. The Morgan fingerprint density at radius 1 is 1.08 bits per heavy atom. The van der Waals surface area contributed by atoms with Crippen molar-refractivity contribution in [3.05, 3.63) is 60.4 Å².